The third kappa shape index (κ3) is 2.80. The Hall–Kier alpha value is -1.84. The second kappa shape index (κ2) is 5.88. The molecule has 0 spiro atoms. The number of nitrogens with one attached hydrogen (secondary N) is 2. The Morgan fingerprint density at radius 1 is 1.38 bits per heavy atom. The summed E-state index contributed by atoms with van der Waals surface area (Å²) < 4.78 is 0. The summed E-state index contributed by atoms with van der Waals surface area (Å²) in [5.41, 5.74) is 2.23. The van der Waals surface area contributed by atoms with E-state index in [1.807, 2.05) is 12.3 Å². The Morgan fingerprint density at radius 3 is 2.95 bits per heavy atom. The van der Waals surface area contributed by atoms with E-state index in [9.17, 15) is 0 Å². The zero-order chi connectivity index (χ0) is 14.8. The van der Waals surface area contributed by atoms with Gasteiger partial charge in [0.05, 0.1) is 5.39 Å². The standard InChI is InChI=1S/C17H24N4/c1-4-12-7-13(11(2)3)8-14(12)9-19-17-15-5-6-18-16(15)20-10-21-17/h5-6,10,12-14H,2,4,7-9H2,1,3H3,(H2,18,19,20,21). The second-order valence-electron chi connectivity index (χ2n) is 6.29. The Kier molecular flexibility index (Phi) is 3.95. The molecule has 4 nitrogen and oxygen atoms in total. The van der Waals surface area contributed by atoms with Crippen molar-refractivity contribution in [3.63, 3.8) is 0 Å². The summed E-state index contributed by atoms with van der Waals surface area (Å²) in [6, 6.07) is 2.03. The SMILES string of the molecule is C=C(C)C1CC(CC)C(CNc2ncnc3[nH]ccc23)C1. The third-order valence-electron chi connectivity index (χ3n) is 4.95. The van der Waals surface area contributed by atoms with Crippen LogP contribution < -0.4 is 5.32 Å². The van der Waals surface area contributed by atoms with Crippen molar-refractivity contribution in [3.05, 3.63) is 30.7 Å². The summed E-state index contributed by atoms with van der Waals surface area (Å²) >= 11 is 0. The molecule has 21 heavy (non-hydrogen) atoms. The van der Waals surface area contributed by atoms with Crippen LogP contribution >= 0.6 is 0 Å². The normalized spacial score (nSPS) is 25.3. The number of fused-ring (bicyclic) bond motifs is 1. The molecule has 2 aromatic heterocycles. The first-order valence-electron chi connectivity index (χ1n) is 7.86. The van der Waals surface area contributed by atoms with Crippen molar-refractivity contribution in [3.8, 4) is 0 Å². The zero-order valence-corrected chi connectivity index (χ0v) is 12.9. The molecule has 3 atom stereocenters. The fourth-order valence-corrected chi connectivity index (χ4v) is 3.61. The second-order valence-corrected chi connectivity index (χ2v) is 6.29. The van der Waals surface area contributed by atoms with Crippen LogP contribution in [-0.2, 0) is 0 Å². The average molecular weight is 284 g/mol. The average Bonchev–Trinajstić information content (AvgIpc) is 3.11. The maximum absolute atomic E-state index is 4.39. The Labute approximate surface area is 126 Å². The van der Waals surface area contributed by atoms with Crippen LogP contribution in [0.2, 0.25) is 0 Å². The number of hydrogen-bond acceptors (Lipinski definition) is 3. The maximum Gasteiger partial charge on any atom is 0.142 e. The fourth-order valence-electron chi connectivity index (χ4n) is 3.61. The number of aromatic nitrogens is 3. The van der Waals surface area contributed by atoms with E-state index < -0.39 is 0 Å². The topological polar surface area (TPSA) is 53.6 Å². The Bertz CT molecular complexity index is 631. The molecule has 1 aliphatic rings. The first kappa shape index (κ1) is 14.1. The lowest BCUT2D eigenvalue weighted by Crippen LogP contribution is -2.18. The highest BCUT2D eigenvalue weighted by atomic mass is 15.0. The van der Waals surface area contributed by atoms with Crippen LogP contribution in [0.15, 0.2) is 30.7 Å². The molecule has 112 valence electrons. The fraction of sp³-hybridized carbons (Fsp3) is 0.529. The molecule has 0 radical (unpaired) electrons. The molecule has 3 unspecified atom stereocenters. The summed E-state index contributed by atoms with van der Waals surface area (Å²) in [5.74, 6) is 3.14. The number of nitrogens with zero attached hydrogens (tertiary/aromatic N) is 2. The maximum atomic E-state index is 4.39. The molecule has 1 saturated carbocycles. The highest BCUT2D eigenvalue weighted by molar-refractivity contribution is 5.86. The summed E-state index contributed by atoms with van der Waals surface area (Å²) in [7, 11) is 0. The Balaban J connectivity index is 1.69. The van der Waals surface area contributed by atoms with Crippen LogP contribution in [0.5, 0.6) is 0 Å². The van der Waals surface area contributed by atoms with Crippen LogP contribution in [0.1, 0.15) is 33.1 Å². The molecule has 1 aliphatic carbocycles. The van der Waals surface area contributed by atoms with E-state index in [1.54, 1.807) is 6.33 Å². The molecule has 1 fully saturated rings. The first-order chi connectivity index (χ1) is 10.2. The van der Waals surface area contributed by atoms with Crippen LogP contribution in [0.4, 0.5) is 5.82 Å². The van der Waals surface area contributed by atoms with Gasteiger partial charge in [0.1, 0.15) is 17.8 Å². The third-order valence-corrected chi connectivity index (χ3v) is 4.95. The van der Waals surface area contributed by atoms with Gasteiger partial charge in [-0.1, -0.05) is 25.5 Å². The van der Waals surface area contributed by atoms with E-state index in [-0.39, 0.29) is 0 Å². The predicted molar refractivity (Wildman–Crippen MR) is 87.2 cm³/mol. The number of aromatic amines is 1. The molecule has 0 aromatic carbocycles. The van der Waals surface area contributed by atoms with Gasteiger partial charge in [0.2, 0.25) is 0 Å². The van der Waals surface area contributed by atoms with Gasteiger partial charge in [-0.2, -0.15) is 0 Å². The number of rotatable bonds is 5. The van der Waals surface area contributed by atoms with Gasteiger partial charge in [-0.05, 0) is 43.6 Å². The number of hydrogen-bond donors (Lipinski definition) is 2. The molecular weight excluding hydrogens is 260 g/mol. The van der Waals surface area contributed by atoms with Gasteiger partial charge in [-0.25, -0.2) is 9.97 Å². The zero-order valence-electron chi connectivity index (χ0n) is 12.9. The molecule has 4 heteroatoms. The minimum atomic E-state index is 0.694. The molecule has 0 aliphatic heterocycles. The predicted octanol–water partition coefficient (Wildman–Crippen LogP) is 4.00. The molecule has 0 saturated heterocycles. The number of anilines is 1. The van der Waals surface area contributed by atoms with E-state index in [4.69, 9.17) is 0 Å². The summed E-state index contributed by atoms with van der Waals surface area (Å²) in [5, 5.41) is 4.61. The minimum Gasteiger partial charge on any atom is -0.369 e. The van der Waals surface area contributed by atoms with Gasteiger partial charge < -0.3 is 10.3 Å². The first-order valence-corrected chi connectivity index (χ1v) is 7.86. The van der Waals surface area contributed by atoms with Crippen molar-refractivity contribution < 1.29 is 0 Å². The van der Waals surface area contributed by atoms with E-state index >= 15 is 0 Å². The lowest BCUT2D eigenvalue weighted by atomic mass is 9.93. The number of allylic oxidation sites excluding steroid dienone is 1. The largest absolute Gasteiger partial charge is 0.369 e. The molecule has 2 N–H and O–H groups in total. The molecule has 0 amide bonds. The molecule has 2 aromatic rings. The summed E-state index contributed by atoms with van der Waals surface area (Å²) in [6.45, 7) is 9.60. The van der Waals surface area contributed by atoms with Crippen molar-refractivity contribution in [2.45, 2.75) is 33.1 Å². The van der Waals surface area contributed by atoms with Gasteiger partial charge >= 0.3 is 0 Å². The molecular formula is C17H24N4. The lowest BCUT2D eigenvalue weighted by molar-refractivity contribution is 0.393. The van der Waals surface area contributed by atoms with Gasteiger partial charge in [0.25, 0.3) is 0 Å². The van der Waals surface area contributed by atoms with Crippen LogP contribution in [-0.4, -0.2) is 21.5 Å². The van der Waals surface area contributed by atoms with Gasteiger partial charge in [0.15, 0.2) is 0 Å². The van der Waals surface area contributed by atoms with Crippen LogP contribution in [0.3, 0.4) is 0 Å². The van der Waals surface area contributed by atoms with Crippen LogP contribution in [0.25, 0.3) is 11.0 Å². The monoisotopic (exact) mass is 284 g/mol. The molecule has 3 rings (SSSR count). The van der Waals surface area contributed by atoms with Crippen molar-refractivity contribution in [1.82, 2.24) is 15.0 Å². The van der Waals surface area contributed by atoms with E-state index in [2.05, 4.69) is 40.7 Å². The molecule has 0 bridgehead atoms. The van der Waals surface area contributed by atoms with Crippen molar-refractivity contribution in [1.29, 1.82) is 0 Å². The van der Waals surface area contributed by atoms with Crippen LogP contribution in [0, 0.1) is 17.8 Å². The Morgan fingerprint density at radius 2 is 2.19 bits per heavy atom. The van der Waals surface area contributed by atoms with Crippen molar-refractivity contribution >= 4 is 16.9 Å². The van der Waals surface area contributed by atoms with Gasteiger partial charge in [-0.3, -0.25) is 0 Å². The van der Waals surface area contributed by atoms with Crippen molar-refractivity contribution in [2.75, 3.05) is 11.9 Å². The van der Waals surface area contributed by atoms with Crippen molar-refractivity contribution in [2.24, 2.45) is 17.8 Å². The van der Waals surface area contributed by atoms with Gasteiger partial charge in [-0.15, -0.1) is 0 Å². The van der Waals surface area contributed by atoms with Gasteiger partial charge in [0, 0.05) is 12.7 Å². The van der Waals surface area contributed by atoms with E-state index in [0.717, 1.165) is 29.3 Å². The lowest BCUT2D eigenvalue weighted by Gasteiger charge is -2.18. The highest BCUT2D eigenvalue weighted by Gasteiger charge is 2.33. The number of H-pyrrole nitrogens is 1. The smallest absolute Gasteiger partial charge is 0.142 e. The summed E-state index contributed by atoms with van der Waals surface area (Å²) in [6.07, 6.45) is 7.32. The molecule has 2 heterocycles. The van der Waals surface area contributed by atoms with E-state index in [1.165, 1.54) is 24.8 Å². The minimum absolute atomic E-state index is 0.694. The van der Waals surface area contributed by atoms with E-state index in [0.29, 0.717) is 11.8 Å². The highest BCUT2D eigenvalue weighted by Crippen LogP contribution is 2.41. The summed E-state index contributed by atoms with van der Waals surface area (Å²) in [4.78, 5) is 11.7. The quantitative estimate of drug-likeness (QED) is 0.816.